The van der Waals surface area contributed by atoms with Gasteiger partial charge in [-0.25, -0.2) is 4.98 Å². The Morgan fingerprint density at radius 2 is 2.14 bits per heavy atom. The summed E-state index contributed by atoms with van der Waals surface area (Å²) in [5.41, 5.74) is 1.22. The number of allylic oxidation sites excluding steroid dienone is 1. The van der Waals surface area contributed by atoms with Crippen LogP contribution in [-0.2, 0) is 0 Å². The molecule has 1 heterocycles. The first-order valence-electron chi connectivity index (χ1n) is 4.90. The zero-order chi connectivity index (χ0) is 10.4. The maximum absolute atomic E-state index is 7.73. The Bertz CT molecular complexity index is 298. The highest BCUT2D eigenvalue weighted by molar-refractivity contribution is 5.81. The molecule has 76 valence electrons. The first kappa shape index (κ1) is 10.7. The van der Waals surface area contributed by atoms with Gasteiger partial charge in [0.15, 0.2) is 0 Å². The van der Waals surface area contributed by atoms with Gasteiger partial charge in [0.2, 0.25) is 0 Å². The topological polar surface area (TPSA) is 41.7 Å². The third-order valence-corrected chi connectivity index (χ3v) is 2.08. The maximum Gasteiger partial charge on any atom is 0.105 e. The van der Waals surface area contributed by atoms with Gasteiger partial charge in [-0.1, -0.05) is 5.57 Å². The van der Waals surface area contributed by atoms with Gasteiger partial charge in [0.05, 0.1) is 0 Å². The molecule has 1 rings (SSSR count). The standard InChI is InChI=1S/C11H17N3/c1-10(2)5-3-4-6-11(12)14-8-7-13-9-14/h7-9,12H,1,3-6H2,2H3. The number of hydrogen-bond acceptors (Lipinski definition) is 2. The van der Waals surface area contributed by atoms with E-state index in [9.17, 15) is 0 Å². The summed E-state index contributed by atoms with van der Waals surface area (Å²) in [5.74, 6) is 0.615. The van der Waals surface area contributed by atoms with Gasteiger partial charge in [0, 0.05) is 18.8 Å². The van der Waals surface area contributed by atoms with Crippen molar-refractivity contribution in [2.75, 3.05) is 0 Å². The highest BCUT2D eigenvalue weighted by Gasteiger charge is 1.98. The molecule has 3 heteroatoms. The number of unbranched alkanes of at least 4 members (excludes halogenated alkanes) is 1. The molecule has 0 spiro atoms. The summed E-state index contributed by atoms with van der Waals surface area (Å²) in [6.07, 6.45) is 9.21. The molecular weight excluding hydrogens is 174 g/mol. The van der Waals surface area contributed by atoms with Crippen molar-refractivity contribution in [1.29, 1.82) is 5.41 Å². The van der Waals surface area contributed by atoms with E-state index >= 15 is 0 Å². The van der Waals surface area contributed by atoms with Gasteiger partial charge >= 0.3 is 0 Å². The van der Waals surface area contributed by atoms with Crippen LogP contribution in [0.3, 0.4) is 0 Å². The molecule has 0 atom stereocenters. The lowest BCUT2D eigenvalue weighted by molar-refractivity contribution is 0.745. The minimum Gasteiger partial charge on any atom is -0.295 e. The molecule has 0 aliphatic carbocycles. The van der Waals surface area contributed by atoms with Gasteiger partial charge in [-0.2, -0.15) is 0 Å². The molecular formula is C11H17N3. The van der Waals surface area contributed by atoms with Crippen molar-refractivity contribution in [1.82, 2.24) is 9.55 Å². The molecule has 1 aromatic rings. The van der Waals surface area contributed by atoms with Gasteiger partial charge in [-0.3, -0.25) is 9.98 Å². The Balaban J connectivity index is 2.19. The van der Waals surface area contributed by atoms with Gasteiger partial charge in [0.25, 0.3) is 0 Å². The van der Waals surface area contributed by atoms with Crippen LogP contribution in [-0.4, -0.2) is 15.4 Å². The second-order valence-corrected chi connectivity index (χ2v) is 3.58. The first-order chi connectivity index (χ1) is 6.70. The average Bonchev–Trinajstić information content (AvgIpc) is 2.64. The minimum absolute atomic E-state index is 0.615. The van der Waals surface area contributed by atoms with Crippen LogP contribution in [0.2, 0.25) is 0 Å². The second-order valence-electron chi connectivity index (χ2n) is 3.58. The number of imidazole rings is 1. The molecule has 0 aliphatic heterocycles. The largest absolute Gasteiger partial charge is 0.295 e. The third-order valence-electron chi connectivity index (χ3n) is 2.08. The monoisotopic (exact) mass is 191 g/mol. The summed E-state index contributed by atoms with van der Waals surface area (Å²) in [7, 11) is 0. The fraction of sp³-hybridized carbons (Fsp3) is 0.455. The van der Waals surface area contributed by atoms with E-state index < -0.39 is 0 Å². The smallest absolute Gasteiger partial charge is 0.105 e. The van der Waals surface area contributed by atoms with Gasteiger partial charge in [-0.05, 0) is 26.2 Å². The summed E-state index contributed by atoms with van der Waals surface area (Å²) in [4.78, 5) is 3.91. The zero-order valence-corrected chi connectivity index (χ0v) is 8.66. The third kappa shape index (κ3) is 3.56. The summed E-state index contributed by atoms with van der Waals surface area (Å²) < 4.78 is 1.75. The van der Waals surface area contributed by atoms with E-state index in [4.69, 9.17) is 5.41 Å². The van der Waals surface area contributed by atoms with E-state index in [1.54, 1.807) is 23.3 Å². The number of nitrogens with one attached hydrogen (secondary N) is 1. The highest BCUT2D eigenvalue weighted by atomic mass is 15.1. The van der Waals surface area contributed by atoms with Crippen molar-refractivity contribution < 1.29 is 0 Å². The number of hydrogen-bond donors (Lipinski definition) is 1. The van der Waals surface area contributed by atoms with E-state index in [-0.39, 0.29) is 0 Å². The van der Waals surface area contributed by atoms with Crippen LogP contribution < -0.4 is 0 Å². The number of aromatic nitrogens is 2. The molecule has 0 unspecified atom stereocenters. The zero-order valence-electron chi connectivity index (χ0n) is 8.66. The maximum atomic E-state index is 7.73. The van der Waals surface area contributed by atoms with Crippen molar-refractivity contribution >= 4 is 5.84 Å². The number of rotatable bonds is 5. The summed E-state index contributed by atoms with van der Waals surface area (Å²) in [6.45, 7) is 5.90. The first-order valence-corrected chi connectivity index (χ1v) is 4.90. The van der Waals surface area contributed by atoms with E-state index in [0.29, 0.717) is 5.84 Å². The van der Waals surface area contributed by atoms with E-state index in [0.717, 1.165) is 25.7 Å². The van der Waals surface area contributed by atoms with Crippen LogP contribution in [0.15, 0.2) is 30.9 Å². The molecule has 0 fully saturated rings. The van der Waals surface area contributed by atoms with Crippen LogP contribution in [0, 0.1) is 5.41 Å². The Hall–Kier alpha value is -1.38. The van der Waals surface area contributed by atoms with Crippen LogP contribution in [0.4, 0.5) is 0 Å². The molecule has 0 bridgehead atoms. The summed E-state index contributed by atoms with van der Waals surface area (Å²) >= 11 is 0. The Kier molecular flexibility index (Phi) is 4.11. The second kappa shape index (κ2) is 5.37. The predicted molar refractivity (Wildman–Crippen MR) is 58.6 cm³/mol. The van der Waals surface area contributed by atoms with E-state index in [1.807, 2.05) is 6.92 Å². The van der Waals surface area contributed by atoms with Crippen LogP contribution in [0.25, 0.3) is 0 Å². The molecule has 0 aliphatic rings. The molecule has 1 aromatic heterocycles. The van der Waals surface area contributed by atoms with E-state index in [2.05, 4.69) is 11.6 Å². The molecule has 1 N–H and O–H groups in total. The Morgan fingerprint density at radius 3 is 2.71 bits per heavy atom. The normalized spacial score (nSPS) is 10.1. The number of nitrogens with zero attached hydrogens (tertiary/aromatic N) is 2. The molecule has 0 aromatic carbocycles. The summed E-state index contributed by atoms with van der Waals surface area (Å²) in [6, 6.07) is 0. The van der Waals surface area contributed by atoms with Crippen molar-refractivity contribution in [3.8, 4) is 0 Å². The van der Waals surface area contributed by atoms with Crippen LogP contribution >= 0.6 is 0 Å². The van der Waals surface area contributed by atoms with Crippen LogP contribution in [0.5, 0.6) is 0 Å². The van der Waals surface area contributed by atoms with Crippen molar-refractivity contribution in [2.24, 2.45) is 0 Å². The minimum atomic E-state index is 0.615. The van der Waals surface area contributed by atoms with Gasteiger partial charge in [-0.15, -0.1) is 6.58 Å². The lowest BCUT2D eigenvalue weighted by Crippen LogP contribution is -2.07. The molecule has 14 heavy (non-hydrogen) atoms. The lowest BCUT2D eigenvalue weighted by Gasteiger charge is -2.04. The lowest BCUT2D eigenvalue weighted by atomic mass is 10.1. The molecule has 0 amide bonds. The fourth-order valence-electron chi connectivity index (χ4n) is 1.27. The predicted octanol–water partition coefficient (Wildman–Crippen LogP) is 2.84. The Labute approximate surface area is 85.0 Å². The highest BCUT2D eigenvalue weighted by Crippen LogP contribution is 2.07. The van der Waals surface area contributed by atoms with Crippen LogP contribution in [0.1, 0.15) is 32.6 Å². The quantitative estimate of drug-likeness (QED) is 0.330. The molecule has 0 saturated carbocycles. The molecule has 0 saturated heterocycles. The van der Waals surface area contributed by atoms with Crippen molar-refractivity contribution in [3.63, 3.8) is 0 Å². The summed E-state index contributed by atoms with van der Waals surface area (Å²) in [5, 5.41) is 7.73. The average molecular weight is 191 g/mol. The van der Waals surface area contributed by atoms with Gasteiger partial charge in [0.1, 0.15) is 12.2 Å². The Morgan fingerprint density at radius 1 is 1.43 bits per heavy atom. The van der Waals surface area contributed by atoms with E-state index in [1.165, 1.54) is 5.57 Å². The van der Waals surface area contributed by atoms with Crippen molar-refractivity contribution in [2.45, 2.75) is 32.6 Å². The molecule has 0 radical (unpaired) electrons. The van der Waals surface area contributed by atoms with Gasteiger partial charge < -0.3 is 0 Å². The van der Waals surface area contributed by atoms with Crippen molar-refractivity contribution in [3.05, 3.63) is 30.9 Å². The SMILES string of the molecule is C=C(C)CCCCC(=N)n1ccnc1. The molecule has 3 nitrogen and oxygen atoms in total. The fourth-order valence-corrected chi connectivity index (χ4v) is 1.27.